The third kappa shape index (κ3) is 3.10. The molecule has 3 aromatic rings. The molecule has 3 atom stereocenters. The molecule has 0 spiro atoms. The van der Waals surface area contributed by atoms with E-state index in [1.54, 1.807) is 6.92 Å². The number of nitriles is 1. The molecule has 1 saturated carbocycles. The van der Waals surface area contributed by atoms with E-state index in [1.165, 1.54) is 11.3 Å². The molecule has 1 aromatic carbocycles. The van der Waals surface area contributed by atoms with Gasteiger partial charge >= 0.3 is 0 Å². The summed E-state index contributed by atoms with van der Waals surface area (Å²) in [4.78, 5) is 13.1. The molecule has 2 aromatic heterocycles. The van der Waals surface area contributed by atoms with Gasteiger partial charge in [-0.25, -0.2) is 15.0 Å². The molecule has 3 unspecified atom stereocenters. The monoisotopic (exact) mass is 397 g/mol. The molecule has 2 heterocycles. The number of thiazole rings is 1. The molecule has 0 bridgehead atoms. The van der Waals surface area contributed by atoms with E-state index in [1.807, 2.05) is 30.3 Å². The van der Waals surface area contributed by atoms with Gasteiger partial charge in [0.1, 0.15) is 23.0 Å². The second-order valence-electron chi connectivity index (χ2n) is 6.93. The lowest BCUT2D eigenvalue weighted by Crippen LogP contribution is -2.48. The summed E-state index contributed by atoms with van der Waals surface area (Å²) in [7, 11) is 0. The van der Waals surface area contributed by atoms with Crippen LogP contribution in [0.2, 0.25) is 0 Å². The first-order chi connectivity index (χ1) is 13.4. The Morgan fingerprint density at radius 1 is 1.32 bits per heavy atom. The zero-order valence-corrected chi connectivity index (χ0v) is 15.9. The van der Waals surface area contributed by atoms with E-state index in [0.29, 0.717) is 22.7 Å². The topological polar surface area (TPSA) is 135 Å². The summed E-state index contributed by atoms with van der Waals surface area (Å²) in [5.41, 5.74) is 0.292. The Kier molecular flexibility index (Phi) is 4.72. The van der Waals surface area contributed by atoms with Crippen molar-refractivity contribution in [1.82, 2.24) is 15.0 Å². The van der Waals surface area contributed by atoms with E-state index in [9.17, 15) is 20.6 Å². The third-order valence-corrected chi connectivity index (χ3v) is 6.15. The maximum atomic E-state index is 10.9. The zero-order valence-electron chi connectivity index (χ0n) is 15.1. The van der Waals surface area contributed by atoms with Gasteiger partial charge in [0.25, 0.3) is 0 Å². The first kappa shape index (κ1) is 18.7. The van der Waals surface area contributed by atoms with E-state index in [4.69, 9.17) is 0 Å². The largest absolute Gasteiger partial charge is 0.396 e. The van der Waals surface area contributed by atoms with E-state index >= 15 is 0 Å². The number of aliphatic hydroxyl groups excluding tert-OH is 2. The number of para-hydroxylation sites is 1. The number of aromatic nitrogens is 3. The predicted molar refractivity (Wildman–Crippen MR) is 104 cm³/mol. The average Bonchev–Trinajstić information content (AvgIpc) is 3.22. The Balaban J connectivity index is 1.82. The molecule has 9 heteroatoms. The number of rotatable bonds is 4. The van der Waals surface area contributed by atoms with Crippen LogP contribution in [0, 0.1) is 24.2 Å². The highest BCUT2D eigenvalue weighted by Gasteiger charge is 2.47. The molecular weight excluding hydrogens is 378 g/mol. The highest BCUT2D eigenvalue weighted by molar-refractivity contribution is 7.21. The molecule has 28 heavy (non-hydrogen) atoms. The molecule has 0 amide bonds. The lowest BCUT2D eigenvalue weighted by atomic mass is 10.0. The number of anilines is 1. The number of hydrogen-bond donors (Lipinski definition) is 4. The molecule has 4 rings (SSSR count). The van der Waals surface area contributed by atoms with Crippen LogP contribution in [-0.2, 0) is 0 Å². The number of fused-ring (bicyclic) bond motifs is 1. The van der Waals surface area contributed by atoms with Crippen molar-refractivity contribution < 1.29 is 15.3 Å². The van der Waals surface area contributed by atoms with Crippen LogP contribution in [0.3, 0.4) is 0 Å². The second-order valence-corrected chi connectivity index (χ2v) is 7.96. The van der Waals surface area contributed by atoms with Gasteiger partial charge in [0.15, 0.2) is 5.72 Å². The summed E-state index contributed by atoms with van der Waals surface area (Å²) >= 11 is 1.46. The summed E-state index contributed by atoms with van der Waals surface area (Å²) in [6.45, 7) is 1.53. The van der Waals surface area contributed by atoms with Gasteiger partial charge < -0.3 is 20.6 Å². The third-order valence-electron chi connectivity index (χ3n) is 5.10. The Bertz CT molecular complexity index is 1050. The molecule has 144 valence electrons. The van der Waals surface area contributed by atoms with Crippen LogP contribution < -0.4 is 5.32 Å². The average molecular weight is 397 g/mol. The van der Waals surface area contributed by atoms with Crippen LogP contribution >= 0.6 is 11.3 Å². The van der Waals surface area contributed by atoms with Gasteiger partial charge in [-0.3, -0.25) is 0 Å². The van der Waals surface area contributed by atoms with Crippen molar-refractivity contribution in [3.05, 3.63) is 35.8 Å². The quantitative estimate of drug-likeness (QED) is 0.490. The normalized spacial score (nSPS) is 24.4. The highest BCUT2D eigenvalue weighted by Crippen LogP contribution is 2.40. The Morgan fingerprint density at radius 3 is 2.79 bits per heavy atom. The number of benzene rings is 1. The van der Waals surface area contributed by atoms with E-state index in [2.05, 4.69) is 20.3 Å². The molecule has 1 fully saturated rings. The molecule has 0 aliphatic heterocycles. The minimum Gasteiger partial charge on any atom is -0.396 e. The molecule has 0 saturated heterocycles. The van der Waals surface area contributed by atoms with E-state index in [0.717, 1.165) is 10.2 Å². The van der Waals surface area contributed by atoms with Gasteiger partial charge in [0.2, 0.25) is 5.82 Å². The van der Waals surface area contributed by atoms with Crippen molar-refractivity contribution in [3.63, 3.8) is 0 Å². The number of hydrogen-bond acceptors (Lipinski definition) is 9. The number of nitrogens with one attached hydrogen (secondary N) is 1. The lowest BCUT2D eigenvalue weighted by molar-refractivity contribution is -0.0545. The van der Waals surface area contributed by atoms with Crippen LogP contribution in [-0.4, -0.2) is 48.7 Å². The van der Waals surface area contributed by atoms with Crippen molar-refractivity contribution in [2.24, 2.45) is 5.92 Å². The van der Waals surface area contributed by atoms with Crippen molar-refractivity contribution in [3.8, 4) is 16.6 Å². The summed E-state index contributed by atoms with van der Waals surface area (Å²) < 4.78 is 0.993. The van der Waals surface area contributed by atoms with Gasteiger partial charge in [-0.2, -0.15) is 5.26 Å². The Labute approximate surface area is 165 Å². The maximum Gasteiger partial charge on any atom is 0.234 e. The van der Waals surface area contributed by atoms with Crippen LogP contribution in [0.25, 0.3) is 20.8 Å². The predicted octanol–water partition coefficient (Wildman–Crippen LogP) is 1.80. The van der Waals surface area contributed by atoms with Crippen molar-refractivity contribution >= 4 is 27.4 Å². The Hall–Kier alpha value is -2.64. The first-order valence-electron chi connectivity index (χ1n) is 8.89. The first-order valence-corrected chi connectivity index (χ1v) is 9.71. The van der Waals surface area contributed by atoms with Gasteiger partial charge in [-0.1, -0.05) is 12.1 Å². The van der Waals surface area contributed by atoms with Crippen LogP contribution in [0.15, 0.2) is 24.3 Å². The fourth-order valence-corrected chi connectivity index (χ4v) is 4.65. The molecule has 1 aliphatic carbocycles. The van der Waals surface area contributed by atoms with Crippen LogP contribution in [0.4, 0.5) is 5.82 Å². The fourth-order valence-electron chi connectivity index (χ4n) is 3.58. The highest BCUT2D eigenvalue weighted by atomic mass is 32.1. The van der Waals surface area contributed by atoms with Crippen LogP contribution in [0.5, 0.6) is 0 Å². The number of nitrogens with zero attached hydrogens (tertiary/aromatic N) is 4. The molecule has 4 N–H and O–H groups in total. The van der Waals surface area contributed by atoms with E-state index in [-0.39, 0.29) is 24.7 Å². The standard InChI is InChI=1S/C19H19N5O3S/c1-10-15(18-22-12-4-2-3-5-13(12)28-18)17(23-14(8-20)21-10)24-19(27)7-6-11(9-25)16(19)26/h2-5,11,16,25-27H,6-7,9H2,1H3,(H,21,23,24). The Morgan fingerprint density at radius 2 is 2.11 bits per heavy atom. The van der Waals surface area contributed by atoms with Crippen molar-refractivity contribution in [1.29, 1.82) is 5.26 Å². The SMILES string of the molecule is Cc1nc(C#N)nc(NC2(O)CCC(CO)C2O)c1-c1nc2ccccc2s1. The molecule has 1 aliphatic rings. The molecular formula is C19H19N5O3S. The lowest BCUT2D eigenvalue weighted by Gasteiger charge is -2.30. The van der Waals surface area contributed by atoms with Gasteiger partial charge in [0, 0.05) is 12.5 Å². The molecule has 0 radical (unpaired) electrons. The van der Waals surface area contributed by atoms with Crippen LogP contribution in [0.1, 0.15) is 24.4 Å². The van der Waals surface area contributed by atoms with Gasteiger partial charge in [-0.05, 0) is 31.9 Å². The summed E-state index contributed by atoms with van der Waals surface area (Å²) in [5, 5.41) is 43.6. The van der Waals surface area contributed by atoms with Crippen molar-refractivity contribution in [2.45, 2.75) is 31.6 Å². The number of aryl methyl sites for hydroxylation is 1. The maximum absolute atomic E-state index is 10.9. The smallest absolute Gasteiger partial charge is 0.234 e. The second kappa shape index (κ2) is 7.07. The molecule has 8 nitrogen and oxygen atoms in total. The summed E-state index contributed by atoms with van der Waals surface area (Å²) in [6, 6.07) is 9.62. The zero-order chi connectivity index (χ0) is 19.9. The summed E-state index contributed by atoms with van der Waals surface area (Å²) in [5.74, 6) is -0.232. The van der Waals surface area contributed by atoms with Gasteiger partial charge in [-0.15, -0.1) is 11.3 Å². The van der Waals surface area contributed by atoms with E-state index < -0.39 is 17.7 Å². The minimum absolute atomic E-state index is 0.0420. The summed E-state index contributed by atoms with van der Waals surface area (Å²) in [6.07, 6.45) is -0.460. The van der Waals surface area contributed by atoms with Gasteiger partial charge in [0.05, 0.1) is 21.5 Å². The van der Waals surface area contributed by atoms with Crippen molar-refractivity contribution in [2.75, 3.05) is 11.9 Å². The minimum atomic E-state index is -1.66. The number of aliphatic hydroxyl groups is 3. The fraction of sp³-hybridized carbons (Fsp3) is 0.368.